The fraction of sp³-hybridized carbons (Fsp3) is 0.545. The molecular formula is C22H31N5OS. The van der Waals surface area contributed by atoms with Gasteiger partial charge in [0.25, 0.3) is 0 Å². The molecule has 2 aromatic rings. The number of nitrogen functional groups attached to an aromatic ring is 1. The average Bonchev–Trinajstić information content (AvgIpc) is 3.09. The molecule has 2 heterocycles. The van der Waals surface area contributed by atoms with E-state index in [1.807, 2.05) is 6.07 Å². The summed E-state index contributed by atoms with van der Waals surface area (Å²) >= 11 is 1.63. The van der Waals surface area contributed by atoms with E-state index in [0.29, 0.717) is 17.7 Å². The zero-order chi connectivity index (χ0) is 20.5. The summed E-state index contributed by atoms with van der Waals surface area (Å²) in [6, 6.07) is 10.5. The van der Waals surface area contributed by atoms with Crippen molar-refractivity contribution < 1.29 is 5.11 Å². The minimum atomic E-state index is -0.248. The van der Waals surface area contributed by atoms with Crippen LogP contribution in [-0.2, 0) is 5.75 Å². The van der Waals surface area contributed by atoms with Crippen LogP contribution >= 0.6 is 11.8 Å². The number of rotatable bonds is 5. The van der Waals surface area contributed by atoms with Gasteiger partial charge in [-0.25, -0.2) is 9.97 Å². The van der Waals surface area contributed by atoms with E-state index in [2.05, 4.69) is 60.1 Å². The number of aliphatic hydroxyl groups excluding tert-OH is 1. The first kappa shape index (κ1) is 20.4. The summed E-state index contributed by atoms with van der Waals surface area (Å²) < 4.78 is 0. The number of likely N-dealkylation sites (N-methyl/N-ethyl adjacent to an activating group) is 1. The van der Waals surface area contributed by atoms with Crippen LogP contribution in [0.25, 0.3) is 0 Å². The molecule has 1 saturated heterocycles. The SMILES string of the molecule is Cc1ccccc1CSc1nc(N)cc(N2C[C@H]3C[C@@H](N(C)C)[C@H](O)C[C@H]3C2)n1. The molecule has 1 aromatic heterocycles. The Labute approximate surface area is 177 Å². The summed E-state index contributed by atoms with van der Waals surface area (Å²) in [5.74, 6) is 3.36. The highest BCUT2D eigenvalue weighted by molar-refractivity contribution is 7.98. The molecule has 2 fully saturated rings. The van der Waals surface area contributed by atoms with Gasteiger partial charge in [0, 0.05) is 31.0 Å². The number of hydrogen-bond donors (Lipinski definition) is 2. The van der Waals surface area contributed by atoms with E-state index >= 15 is 0 Å². The number of fused-ring (bicyclic) bond motifs is 1. The number of nitrogens with zero attached hydrogens (tertiary/aromatic N) is 4. The van der Waals surface area contributed by atoms with Crippen LogP contribution < -0.4 is 10.6 Å². The van der Waals surface area contributed by atoms with Gasteiger partial charge in [0.2, 0.25) is 0 Å². The van der Waals surface area contributed by atoms with Crippen molar-refractivity contribution >= 4 is 23.4 Å². The smallest absolute Gasteiger partial charge is 0.191 e. The minimum absolute atomic E-state index is 0.242. The van der Waals surface area contributed by atoms with Crippen LogP contribution in [0.3, 0.4) is 0 Å². The Hall–Kier alpha value is -1.83. The normalized spacial score (nSPS) is 26.7. The van der Waals surface area contributed by atoms with E-state index < -0.39 is 0 Å². The Bertz CT molecular complexity index is 861. The van der Waals surface area contributed by atoms with Crippen LogP contribution in [0.1, 0.15) is 24.0 Å². The van der Waals surface area contributed by atoms with Crippen molar-refractivity contribution in [3.05, 3.63) is 41.5 Å². The zero-order valence-electron chi connectivity index (χ0n) is 17.5. The topological polar surface area (TPSA) is 78.5 Å². The van der Waals surface area contributed by atoms with E-state index in [4.69, 9.17) is 10.7 Å². The van der Waals surface area contributed by atoms with Gasteiger partial charge in [0.1, 0.15) is 11.6 Å². The molecule has 4 atom stereocenters. The molecule has 1 aliphatic carbocycles. The number of benzene rings is 1. The van der Waals surface area contributed by atoms with Crippen LogP contribution in [0.2, 0.25) is 0 Å². The molecule has 0 unspecified atom stereocenters. The second-order valence-corrected chi connectivity index (χ2v) is 9.59. The van der Waals surface area contributed by atoms with E-state index in [1.165, 1.54) is 11.1 Å². The van der Waals surface area contributed by atoms with Crippen molar-refractivity contribution in [3.63, 3.8) is 0 Å². The van der Waals surface area contributed by atoms with Crippen LogP contribution in [-0.4, -0.2) is 59.3 Å². The number of aliphatic hydroxyl groups is 1. The molecule has 1 saturated carbocycles. The molecule has 7 heteroatoms. The summed E-state index contributed by atoms with van der Waals surface area (Å²) in [6.45, 7) is 4.03. The Morgan fingerprint density at radius 1 is 1.17 bits per heavy atom. The summed E-state index contributed by atoms with van der Waals surface area (Å²) in [6.07, 6.45) is 1.64. The lowest BCUT2D eigenvalue weighted by molar-refractivity contribution is 0.00942. The quantitative estimate of drug-likeness (QED) is 0.576. The second kappa shape index (κ2) is 8.50. The Morgan fingerprint density at radius 3 is 2.62 bits per heavy atom. The van der Waals surface area contributed by atoms with Gasteiger partial charge in [0.15, 0.2) is 5.16 Å². The third-order valence-corrected chi connectivity index (χ3v) is 7.32. The van der Waals surface area contributed by atoms with Gasteiger partial charge in [-0.1, -0.05) is 36.0 Å². The molecule has 0 radical (unpaired) electrons. The van der Waals surface area contributed by atoms with Gasteiger partial charge in [0.05, 0.1) is 6.10 Å². The van der Waals surface area contributed by atoms with Crippen molar-refractivity contribution in [2.24, 2.45) is 11.8 Å². The van der Waals surface area contributed by atoms with E-state index in [-0.39, 0.29) is 12.1 Å². The lowest BCUT2D eigenvalue weighted by Crippen LogP contribution is -2.46. The molecule has 0 bridgehead atoms. The molecule has 1 aromatic carbocycles. The van der Waals surface area contributed by atoms with Crippen molar-refractivity contribution in [2.45, 2.75) is 42.8 Å². The third-order valence-electron chi connectivity index (χ3n) is 6.43. The molecule has 3 N–H and O–H groups in total. The largest absolute Gasteiger partial charge is 0.391 e. The lowest BCUT2D eigenvalue weighted by Gasteiger charge is -2.38. The monoisotopic (exact) mass is 413 g/mol. The maximum atomic E-state index is 10.5. The fourth-order valence-electron chi connectivity index (χ4n) is 4.72. The zero-order valence-corrected chi connectivity index (χ0v) is 18.3. The molecule has 4 rings (SSSR count). The average molecular weight is 414 g/mol. The number of thioether (sulfide) groups is 1. The Morgan fingerprint density at radius 2 is 1.90 bits per heavy atom. The lowest BCUT2D eigenvalue weighted by atomic mass is 9.77. The van der Waals surface area contributed by atoms with Crippen LogP contribution in [0.5, 0.6) is 0 Å². The number of aromatic nitrogens is 2. The van der Waals surface area contributed by atoms with Crippen molar-refractivity contribution in [2.75, 3.05) is 37.8 Å². The Kier molecular flexibility index (Phi) is 5.99. The number of aryl methyl sites for hydroxylation is 1. The van der Waals surface area contributed by atoms with Gasteiger partial charge < -0.3 is 20.6 Å². The fourth-order valence-corrected chi connectivity index (χ4v) is 5.66. The highest BCUT2D eigenvalue weighted by atomic mass is 32.2. The van der Waals surface area contributed by atoms with Gasteiger partial charge >= 0.3 is 0 Å². The summed E-state index contributed by atoms with van der Waals surface area (Å²) in [4.78, 5) is 13.7. The third kappa shape index (κ3) is 4.52. The highest BCUT2D eigenvalue weighted by Crippen LogP contribution is 2.39. The Balaban J connectivity index is 1.46. The highest BCUT2D eigenvalue weighted by Gasteiger charge is 2.42. The predicted molar refractivity (Wildman–Crippen MR) is 119 cm³/mol. The van der Waals surface area contributed by atoms with Crippen molar-refractivity contribution in [3.8, 4) is 0 Å². The molecule has 1 aliphatic heterocycles. The van der Waals surface area contributed by atoms with Gasteiger partial charge in [-0.05, 0) is 56.8 Å². The molecule has 2 aliphatic rings. The van der Waals surface area contributed by atoms with E-state index in [1.54, 1.807) is 11.8 Å². The maximum Gasteiger partial charge on any atom is 0.191 e. The van der Waals surface area contributed by atoms with Gasteiger partial charge in [-0.15, -0.1) is 0 Å². The molecule has 6 nitrogen and oxygen atoms in total. The number of hydrogen-bond acceptors (Lipinski definition) is 7. The minimum Gasteiger partial charge on any atom is -0.391 e. The summed E-state index contributed by atoms with van der Waals surface area (Å²) in [5.41, 5.74) is 8.69. The molecule has 156 valence electrons. The van der Waals surface area contributed by atoms with Gasteiger partial charge in [-0.3, -0.25) is 0 Å². The summed E-state index contributed by atoms with van der Waals surface area (Å²) in [5, 5.41) is 11.2. The van der Waals surface area contributed by atoms with Gasteiger partial charge in [-0.2, -0.15) is 0 Å². The molecule has 0 spiro atoms. The van der Waals surface area contributed by atoms with Crippen LogP contribution in [0.4, 0.5) is 11.6 Å². The predicted octanol–water partition coefficient (Wildman–Crippen LogP) is 2.80. The first-order chi connectivity index (χ1) is 13.9. The van der Waals surface area contributed by atoms with Crippen molar-refractivity contribution in [1.29, 1.82) is 0 Å². The number of anilines is 2. The number of nitrogens with two attached hydrogens (primary N) is 1. The standard InChI is InChI=1S/C22H31N5OS/c1-14-6-4-5-7-15(14)13-29-22-24-20(23)10-21(25-22)27-11-16-8-18(26(2)3)19(28)9-17(16)12-27/h4-7,10,16-19,28H,8-9,11-13H2,1-3H3,(H2,23,24,25)/t16-,17+,18-,19-/m1/s1. The maximum absolute atomic E-state index is 10.5. The first-order valence-corrected chi connectivity index (χ1v) is 11.3. The molecule has 0 amide bonds. The van der Waals surface area contributed by atoms with E-state index in [0.717, 1.165) is 42.7 Å². The summed E-state index contributed by atoms with van der Waals surface area (Å²) in [7, 11) is 4.12. The van der Waals surface area contributed by atoms with Crippen LogP contribution in [0, 0.1) is 18.8 Å². The molecular weight excluding hydrogens is 382 g/mol. The van der Waals surface area contributed by atoms with Crippen LogP contribution in [0.15, 0.2) is 35.5 Å². The first-order valence-electron chi connectivity index (χ1n) is 10.3. The second-order valence-electron chi connectivity index (χ2n) is 8.64. The van der Waals surface area contributed by atoms with E-state index in [9.17, 15) is 5.11 Å². The van der Waals surface area contributed by atoms with Crippen molar-refractivity contribution in [1.82, 2.24) is 14.9 Å². The molecule has 29 heavy (non-hydrogen) atoms.